The van der Waals surface area contributed by atoms with Crippen molar-refractivity contribution >= 4 is 10.0 Å². The minimum atomic E-state index is -4.16. The molecule has 0 aliphatic carbocycles. The Kier molecular flexibility index (Phi) is 5.58. The van der Waals surface area contributed by atoms with Gasteiger partial charge >= 0.3 is 0 Å². The molecule has 0 heterocycles. The van der Waals surface area contributed by atoms with Crippen molar-refractivity contribution in [3.05, 3.63) is 29.3 Å². The lowest BCUT2D eigenvalue weighted by molar-refractivity contribution is 0.149. The van der Waals surface area contributed by atoms with E-state index in [9.17, 15) is 17.2 Å². The van der Waals surface area contributed by atoms with Gasteiger partial charge in [-0.3, -0.25) is 0 Å². The molecule has 20 heavy (non-hydrogen) atoms. The van der Waals surface area contributed by atoms with E-state index in [0.717, 1.165) is 16.4 Å². The molecule has 8 heteroatoms. The minimum Gasteiger partial charge on any atom is -0.383 e. The van der Waals surface area contributed by atoms with Crippen molar-refractivity contribution < 1.29 is 21.9 Å². The monoisotopic (exact) mass is 308 g/mol. The molecule has 5 nitrogen and oxygen atoms in total. The van der Waals surface area contributed by atoms with Gasteiger partial charge in [0.1, 0.15) is 4.90 Å². The Labute approximate surface area is 117 Å². The molecule has 0 bridgehead atoms. The smallest absolute Gasteiger partial charge is 0.246 e. The summed E-state index contributed by atoms with van der Waals surface area (Å²) < 4.78 is 57.6. The maximum Gasteiger partial charge on any atom is 0.246 e. The standard InChI is InChI=1S/C12H18F2N2O3S/c1-8(7-19-3)16(2)20(17,18)11-5-9(6-15)4-10(13)12(11)14/h4-5,8H,6-7,15H2,1-3H3. The van der Waals surface area contributed by atoms with Gasteiger partial charge in [-0.15, -0.1) is 0 Å². The summed E-state index contributed by atoms with van der Waals surface area (Å²) in [7, 11) is -1.46. The summed E-state index contributed by atoms with van der Waals surface area (Å²) in [6.07, 6.45) is 0. The average Bonchev–Trinajstić information content (AvgIpc) is 2.40. The van der Waals surface area contributed by atoms with Gasteiger partial charge in [0.15, 0.2) is 11.6 Å². The van der Waals surface area contributed by atoms with E-state index in [1.807, 2.05) is 0 Å². The zero-order valence-electron chi connectivity index (χ0n) is 11.6. The summed E-state index contributed by atoms with van der Waals surface area (Å²) in [4.78, 5) is -0.719. The van der Waals surface area contributed by atoms with Crippen LogP contribution in [0.2, 0.25) is 0 Å². The molecular formula is C12H18F2N2O3S. The van der Waals surface area contributed by atoms with Crippen molar-refractivity contribution in [2.45, 2.75) is 24.4 Å². The maximum absolute atomic E-state index is 13.8. The van der Waals surface area contributed by atoms with E-state index in [2.05, 4.69) is 0 Å². The Hall–Kier alpha value is -1.09. The van der Waals surface area contributed by atoms with Gasteiger partial charge in [-0.25, -0.2) is 17.2 Å². The minimum absolute atomic E-state index is 0.0863. The molecule has 0 spiro atoms. The molecule has 2 N–H and O–H groups in total. The van der Waals surface area contributed by atoms with Crippen LogP contribution in [0.25, 0.3) is 0 Å². The van der Waals surface area contributed by atoms with E-state index in [4.69, 9.17) is 10.5 Å². The predicted molar refractivity (Wildman–Crippen MR) is 70.5 cm³/mol. The summed E-state index contributed by atoms with van der Waals surface area (Å²) in [5.74, 6) is -2.64. The number of rotatable bonds is 6. The number of likely N-dealkylation sites (N-methyl/N-ethyl adjacent to an activating group) is 1. The van der Waals surface area contributed by atoms with Crippen LogP contribution in [0.5, 0.6) is 0 Å². The molecule has 0 saturated carbocycles. The number of sulfonamides is 1. The zero-order valence-corrected chi connectivity index (χ0v) is 12.4. The third kappa shape index (κ3) is 3.32. The first-order valence-corrected chi connectivity index (χ1v) is 7.34. The highest BCUT2D eigenvalue weighted by molar-refractivity contribution is 7.89. The lowest BCUT2D eigenvalue weighted by atomic mass is 10.2. The fourth-order valence-corrected chi connectivity index (χ4v) is 3.13. The van der Waals surface area contributed by atoms with Crippen LogP contribution < -0.4 is 5.73 Å². The molecule has 0 aliphatic rings. The molecule has 114 valence electrons. The Bertz CT molecular complexity index is 578. The molecule has 1 rings (SSSR count). The SMILES string of the molecule is COCC(C)N(C)S(=O)(=O)c1cc(CN)cc(F)c1F. The lowest BCUT2D eigenvalue weighted by Crippen LogP contribution is -2.38. The number of nitrogens with zero attached hydrogens (tertiary/aromatic N) is 1. The summed E-state index contributed by atoms with van der Waals surface area (Å²) >= 11 is 0. The number of halogens is 2. The van der Waals surface area contributed by atoms with Crippen LogP contribution in [0, 0.1) is 11.6 Å². The van der Waals surface area contributed by atoms with Crippen LogP contribution in [0.4, 0.5) is 8.78 Å². The van der Waals surface area contributed by atoms with Crippen molar-refractivity contribution in [2.75, 3.05) is 20.8 Å². The summed E-state index contributed by atoms with van der Waals surface area (Å²) in [6.45, 7) is 1.65. The first-order valence-electron chi connectivity index (χ1n) is 5.90. The highest BCUT2D eigenvalue weighted by atomic mass is 32.2. The second-order valence-corrected chi connectivity index (χ2v) is 6.39. The Balaban J connectivity index is 3.31. The fourth-order valence-electron chi connectivity index (χ4n) is 1.66. The topological polar surface area (TPSA) is 72.6 Å². The van der Waals surface area contributed by atoms with Gasteiger partial charge in [0.05, 0.1) is 6.61 Å². The molecule has 1 unspecified atom stereocenters. The number of nitrogens with two attached hydrogens (primary N) is 1. The molecule has 0 aliphatic heterocycles. The van der Waals surface area contributed by atoms with Crippen LogP contribution in [-0.2, 0) is 21.3 Å². The van der Waals surface area contributed by atoms with E-state index in [1.165, 1.54) is 14.2 Å². The quantitative estimate of drug-likeness (QED) is 0.853. The van der Waals surface area contributed by atoms with E-state index >= 15 is 0 Å². The Morgan fingerprint density at radius 1 is 1.40 bits per heavy atom. The van der Waals surface area contributed by atoms with E-state index in [0.29, 0.717) is 0 Å². The highest BCUT2D eigenvalue weighted by Gasteiger charge is 2.30. The normalized spacial score (nSPS) is 13.8. The second-order valence-electron chi connectivity index (χ2n) is 4.42. The molecule has 0 saturated heterocycles. The van der Waals surface area contributed by atoms with Crippen molar-refractivity contribution in [2.24, 2.45) is 5.73 Å². The van der Waals surface area contributed by atoms with E-state index < -0.39 is 32.6 Å². The summed E-state index contributed by atoms with van der Waals surface area (Å²) in [5.41, 5.74) is 5.55. The van der Waals surface area contributed by atoms with Gasteiger partial charge in [-0.2, -0.15) is 4.31 Å². The third-order valence-electron chi connectivity index (χ3n) is 2.98. The summed E-state index contributed by atoms with van der Waals surface area (Å²) in [5, 5.41) is 0. The van der Waals surface area contributed by atoms with Gasteiger partial charge in [0.25, 0.3) is 0 Å². The number of hydrogen-bond acceptors (Lipinski definition) is 4. The van der Waals surface area contributed by atoms with Crippen LogP contribution in [0.3, 0.4) is 0 Å². The molecular weight excluding hydrogens is 290 g/mol. The zero-order chi connectivity index (χ0) is 15.5. The number of methoxy groups -OCH3 is 1. The lowest BCUT2D eigenvalue weighted by Gasteiger charge is -2.24. The second kappa shape index (κ2) is 6.57. The van der Waals surface area contributed by atoms with Gasteiger partial charge < -0.3 is 10.5 Å². The largest absolute Gasteiger partial charge is 0.383 e. The predicted octanol–water partition coefficient (Wildman–Crippen LogP) is 1.08. The van der Waals surface area contributed by atoms with E-state index in [-0.39, 0.29) is 18.7 Å². The number of hydrogen-bond donors (Lipinski definition) is 1. The molecule has 0 fully saturated rings. The first kappa shape index (κ1) is 17.0. The van der Waals surface area contributed by atoms with Crippen molar-refractivity contribution in [1.29, 1.82) is 0 Å². The van der Waals surface area contributed by atoms with Crippen molar-refractivity contribution in [3.63, 3.8) is 0 Å². The van der Waals surface area contributed by atoms with Crippen molar-refractivity contribution in [1.82, 2.24) is 4.31 Å². The molecule has 1 atom stereocenters. The number of benzene rings is 1. The Morgan fingerprint density at radius 3 is 2.50 bits per heavy atom. The van der Waals surface area contributed by atoms with Gasteiger partial charge in [0.2, 0.25) is 10.0 Å². The van der Waals surface area contributed by atoms with Crippen LogP contribution in [0.15, 0.2) is 17.0 Å². The average molecular weight is 308 g/mol. The third-order valence-corrected chi connectivity index (χ3v) is 4.95. The van der Waals surface area contributed by atoms with Gasteiger partial charge in [-0.1, -0.05) is 0 Å². The summed E-state index contributed by atoms with van der Waals surface area (Å²) in [6, 6.07) is 1.41. The highest BCUT2D eigenvalue weighted by Crippen LogP contribution is 2.23. The van der Waals surface area contributed by atoms with Crippen LogP contribution in [0.1, 0.15) is 12.5 Å². The Morgan fingerprint density at radius 2 is 2.00 bits per heavy atom. The van der Waals surface area contributed by atoms with Gasteiger partial charge in [0, 0.05) is 26.7 Å². The number of ether oxygens (including phenoxy) is 1. The van der Waals surface area contributed by atoms with Crippen molar-refractivity contribution in [3.8, 4) is 0 Å². The fraction of sp³-hybridized carbons (Fsp3) is 0.500. The molecule has 1 aromatic carbocycles. The molecule has 1 aromatic rings. The molecule has 0 aromatic heterocycles. The molecule has 0 amide bonds. The van der Waals surface area contributed by atoms with E-state index in [1.54, 1.807) is 6.92 Å². The molecule has 0 radical (unpaired) electrons. The first-order chi connectivity index (χ1) is 9.25. The van der Waals surface area contributed by atoms with Crippen LogP contribution in [-0.4, -0.2) is 39.5 Å². The van der Waals surface area contributed by atoms with Gasteiger partial charge in [-0.05, 0) is 24.6 Å². The maximum atomic E-state index is 13.8. The van der Waals surface area contributed by atoms with Crippen LogP contribution >= 0.6 is 0 Å².